The number of rotatable bonds is 2. The summed E-state index contributed by atoms with van der Waals surface area (Å²) in [6.45, 7) is 0. The number of hydrogen-bond donors (Lipinski definition) is 0. The molecule has 2 heteroatoms. The Bertz CT molecular complexity index is 193. The molecule has 0 atom stereocenters. The zero-order valence-electron chi connectivity index (χ0n) is 5.60. The third kappa shape index (κ3) is 2.27. The van der Waals surface area contributed by atoms with Gasteiger partial charge in [0, 0.05) is 14.7 Å². The molecule has 0 N–H and O–H groups in total. The Kier molecular flexibility index (Phi) is 3.16. The number of benzene rings is 1. The molecule has 0 amide bonds. The third-order valence-electron chi connectivity index (χ3n) is 1.33. The second-order valence-electron chi connectivity index (χ2n) is 2.13. The Morgan fingerprint density at radius 3 is 2.30 bits per heavy atom. The van der Waals surface area contributed by atoms with Gasteiger partial charge in [-0.2, -0.15) is 0 Å². The van der Waals surface area contributed by atoms with Crippen LogP contribution in [0.4, 0.5) is 0 Å². The third-order valence-corrected chi connectivity index (χ3v) is 2.11. The molecule has 1 aromatic carbocycles. The average Bonchev–Trinajstić information content (AvgIpc) is 1.95. The van der Waals surface area contributed by atoms with E-state index in [4.69, 9.17) is 0 Å². The summed E-state index contributed by atoms with van der Waals surface area (Å²) in [6.07, 6.45) is 1.10. The molecule has 51 valence electrons. The Balaban J connectivity index is 2.69. The SMILES string of the molecule is [Si]CCc1ccc(Br)cc1. The predicted octanol–water partition coefficient (Wildman–Crippen LogP) is 2.58. The van der Waals surface area contributed by atoms with Gasteiger partial charge in [0.05, 0.1) is 0 Å². The van der Waals surface area contributed by atoms with Crippen molar-refractivity contribution in [1.82, 2.24) is 0 Å². The van der Waals surface area contributed by atoms with Gasteiger partial charge in [-0.25, -0.2) is 0 Å². The predicted molar refractivity (Wildman–Crippen MR) is 48.4 cm³/mol. The highest BCUT2D eigenvalue weighted by atomic mass is 79.9. The van der Waals surface area contributed by atoms with Crippen LogP contribution >= 0.6 is 15.9 Å². The average molecular weight is 212 g/mol. The van der Waals surface area contributed by atoms with Crippen LogP contribution in [0.5, 0.6) is 0 Å². The summed E-state index contributed by atoms with van der Waals surface area (Å²) in [5.74, 6) is 0. The lowest BCUT2D eigenvalue weighted by molar-refractivity contribution is 1.13. The summed E-state index contributed by atoms with van der Waals surface area (Å²) in [4.78, 5) is 0. The molecule has 0 fully saturated rings. The fourth-order valence-corrected chi connectivity index (χ4v) is 1.35. The Morgan fingerprint density at radius 2 is 1.80 bits per heavy atom. The van der Waals surface area contributed by atoms with E-state index < -0.39 is 0 Å². The van der Waals surface area contributed by atoms with Crippen molar-refractivity contribution in [2.75, 3.05) is 0 Å². The summed E-state index contributed by atoms with van der Waals surface area (Å²) in [7, 11) is 3.44. The maximum Gasteiger partial charge on any atom is 0.0225 e. The number of aryl methyl sites for hydroxylation is 1. The Hall–Kier alpha value is -0.0831. The minimum Gasteiger partial charge on any atom is -0.0597 e. The maximum absolute atomic E-state index is 3.44. The first-order valence-corrected chi connectivity index (χ1v) is 4.72. The van der Waals surface area contributed by atoms with Crippen molar-refractivity contribution >= 4 is 26.2 Å². The van der Waals surface area contributed by atoms with Crippen LogP contribution in [0.25, 0.3) is 0 Å². The first kappa shape index (κ1) is 8.02. The largest absolute Gasteiger partial charge is 0.0597 e. The van der Waals surface area contributed by atoms with Crippen molar-refractivity contribution in [1.29, 1.82) is 0 Å². The first-order valence-electron chi connectivity index (χ1n) is 3.22. The topological polar surface area (TPSA) is 0 Å². The van der Waals surface area contributed by atoms with E-state index in [0.29, 0.717) is 0 Å². The molecule has 0 saturated heterocycles. The summed E-state index contributed by atoms with van der Waals surface area (Å²) in [6, 6.07) is 9.42. The number of hydrogen-bond acceptors (Lipinski definition) is 0. The molecule has 10 heavy (non-hydrogen) atoms. The highest BCUT2D eigenvalue weighted by molar-refractivity contribution is 9.10. The molecule has 0 spiro atoms. The molecule has 0 nitrogen and oxygen atoms in total. The summed E-state index contributed by atoms with van der Waals surface area (Å²) in [5.41, 5.74) is 1.37. The van der Waals surface area contributed by atoms with E-state index in [-0.39, 0.29) is 0 Å². The van der Waals surface area contributed by atoms with Crippen LogP contribution in [-0.2, 0) is 6.42 Å². The number of halogens is 1. The molecule has 0 aliphatic heterocycles. The quantitative estimate of drug-likeness (QED) is 0.661. The second-order valence-corrected chi connectivity index (χ2v) is 3.54. The highest BCUT2D eigenvalue weighted by Crippen LogP contribution is 2.11. The van der Waals surface area contributed by atoms with Gasteiger partial charge in [-0.3, -0.25) is 0 Å². The van der Waals surface area contributed by atoms with Gasteiger partial charge in [0.25, 0.3) is 0 Å². The molecule has 0 heterocycles. The molecular formula is C8H8BrSi. The van der Waals surface area contributed by atoms with Crippen LogP contribution in [0, 0.1) is 0 Å². The zero-order valence-corrected chi connectivity index (χ0v) is 8.19. The van der Waals surface area contributed by atoms with E-state index in [2.05, 4.69) is 50.4 Å². The fourth-order valence-electron chi connectivity index (χ4n) is 0.795. The van der Waals surface area contributed by atoms with Crippen LogP contribution in [-0.4, -0.2) is 10.2 Å². The van der Waals surface area contributed by atoms with Crippen molar-refractivity contribution in [2.45, 2.75) is 12.5 Å². The lowest BCUT2D eigenvalue weighted by Gasteiger charge is -1.96. The maximum atomic E-state index is 3.44. The Labute approximate surface area is 73.2 Å². The van der Waals surface area contributed by atoms with Crippen LogP contribution in [0.3, 0.4) is 0 Å². The molecule has 0 aliphatic carbocycles. The second kappa shape index (κ2) is 3.94. The smallest absolute Gasteiger partial charge is 0.0225 e. The van der Waals surface area contributed by atoms with Gasteiger partial charge in [0.2, 0.25) is 0 Å². The lowest BCUT2D eigenvalue weighted by atomic mass is 10.2. The van der Waals surface area contributed by atoms with Gasteiger partial charge in [0.1, 0.15) is 0 Å². The Morgan fingerprint density at radius 1 is 1.20 bits per heavy atom. The molecule has 1 rings (SSSR count). The fraction of sp³-hybridized carbons (Fsp3) is 0.250. The molecular weight excluding hydrogens is 204 g/mol. The normalized spacial score (nSPS) is 9.80. The zero-order chi connectivity index (χ0) is 7.40. The standard InChI is InChI=1S/C8H8BrSi/c9-8-3-1-7(2-4-8)5-6-10/h1-4H,5-6H2. The highest BCUT2D eigenvalue weighted by Gasteiger charge is 1.88. The molecule has 3 radical (unpaired) electrons. The van der Waals surface area contributed by atoms with Crippen LogP contribution in [0.2, 0.25) is 6.04 Å². The van der Waals surface area contributed by atoms with Crippen LogP contribution in [0.1, 0.15) is 5.56 Å². The van der Waals surface area contributed by atoms with Crippen LogP contribution < -0.4 is 0 Å². The van der Waals surface area contributed by atoms with Crippen molar-refractivity contribution in [3.05, 3.63) is 34.3 Å². The van der Waals surface area contributed by atoms with E-state index in [9.17, 15) is 0 Å². The molecule has 1 aromatic rings. The van der Waals surface area contributed by atoms with E-state index >= 15 is 0 Å². The van der Waals surface area contributed by atoms with Crippen molar-refractivity contribution in [2.24, 2.45) is 0 Å². The molecule has 0 aliphatic rings. The van der Waals surface area contributed by atoms with Gasteiger partial charge >= 0.3 is 0 Å². The monoisotopic (exact) mass is 211 g/mol. The summed E-state index contributed by atoms with van der Waals surface area (Å²) in [5, 5.41) is 0. The minimum absolute atomic E-state index is 1.03. The van der Waals surface area contributed by atoms with E-state index in [1.54, 1.807) is 0 Å². The van der Waals surface area contributed by atoms with Gasteiger partial charge in [-0.1, -0.05) is 34.1 Å². The van der Waals surface area contributed by atoms with Crippen LogP contribution in [0.15, 0.2) is 28.7 Å². The minimum atomic E-state index is 1.03. The molecule has 0 aromatic heterocycles. The first-order chi connectivity index (χ1) is 4.83. The van der Waals surface area contributed by atoms with Gasteiger partial charge in [0.15, 0.2) is 0 Å². The molecule has 0 bridgehead atoms. The summed E-state index contributed by atoms with van der Waals surface area (Å²) >= 11 is 3.38. The van der Waals surface area contributed by atoms with Gasteiger partial charge in [-0.05, 0) is 24.1 Å². The summed E-state index contributed by atoms with van der Waals surface area (Å²) < 4.78 is 1.14. The lowest BCUT2D eigenvalue weighted by Crippen LogP contribution is -1.81. The van der Waals surface area contributed by atoms with E-state index in [1.165, 1.54) is 5.56 Å². The van der Waals surface area contributed by atoms with E-state index in [1.807, 2.05) is 0 Å². The van der Waals surface area contributed by atoms with Crippen molar-refractivity contribution < 1.29 is 0 Å². The van der Waals surface area contributed by atoms with Gasteiger partial charge < -0.3 is 0 Å². The van der Waals surface area contributed by atoms with Crippen molar-refractivity contribution in [3.63, 3.8) is 0 Å². The van der Waals surface area contributed by atoms with E-state index in [0.717, 1.165) is 16.9 Å². The van der Waals surface area contributed by atoms with Gasteiger partial charge in [-0.15, -0.1) is 0 Å². The molecule has 0 saturated carbocycles. The molecule has 0 unspecified atom stereocenters. The van der Waals surface area contributed by atoms with Crippen molar-refractivity contribution in [3.8, 4) is 0 Å².